The molecule has 26 heavy (non-hydrogen) atoms. The maximum Gasteiger partial charge on any atom is 0.306 e. The number of fused-ring (bicyclic) bond motifs is 1. The summed E-state index contributed by atoms with van der Waals surface area (Å²) in [5, 5.41) is 24.8. The fraction of sp³-hybridized carbons (Fsp3) is 0.588. The van der Waals surface area contributed by atoms with Crippen molar-refractivity contribution in [2.75, 3.05) is 12.3 Å². The van der Waals surface area contributed by atoms with Gasteiger partial charge in [0.1, 0.15) is 42.9 Å². The minimum absolute atomic E-state index is 0.0965. The summed E-state index contributed by atoms with van der Waals surface area (Å²) in [5.41, 5.74) is 6.94. The van der Waals surface area contributed by atoms with Gasteiger partial charge < -0.3 is 25.4 Å². The van der Waals surface area contributed by atoms with Gasteiger partial charge in [-0.15, -0.1) is 0 Å². The molecule has 2 unspecified atom stereocenters. The SMILES string of the molecule is Nc1ncnn2c(C3OC(COC(=O)CC4CCC4)[C@@H](O)[C@H]3O)ccc12. The molecule has 1 saturated heterocycles. The van der Waals surface area contributed by atoms with E-state index in [9.17, 15) is 15.0 Å². The number of hydrogen-bond acceptors (Lipinski definition) is 8. The molecule has 0 spiro atoms. The molecule has 0 bridgehead atoms. The molecule has 3 heterocycles. The van der Waals surface area contributed by atoms with Crippen molar-refractivity contribution in [1.29, 1.82) is 0 Å². The highest BCUT2D eigenvalue weighted by Crippen LogP contribution is 2.35. The van der Waals surface area contributed by atoms with E-state index >= 15 is 0 Å². The van der Waals surface area contributed by atoms with Crippen molar-refractivity contribution in [3.8, 4) is 0 Å². The zero-order valence-electron chi connectivity index (χ0n) is 14.2. The summed E-state index contributed by atoms with van der Waals surface area (Å²) in [6.07, 6.45) is 1.05. The third-order valence-electron chi connectivity index (χ3n) is 5.25. The largest absolute Gasteiger partial charge is 0.463 e. The molecule has 1 aliphatic carbocycles. The summed E-state index contributed by atoms with van der Waals surface area (Å²) < 4.78 is 12.5. The van der Waals surface area contributed by atoms with Crippen LogP contribution in [0.4, 0.5) is 5.82 Å². The molecule has 140 valence electrons. The second-order valence-corrected chi connectivity index (χ2v) is 6.96. The quantitative estimate of drug-likeness (QED) is 0.643. The third-order valence-corrected chi connectivity index (χ3v) is 5.25. The van der Waals surface area contributed by atoms with Crippen LogP contribution in [-0.2, 0) is 14.3 Å². The Hall–Kier alpha value is -2.23. The van der Waals surface area contributed by atoms with Crippen LogP contribution in [0.15, 0.2) is 18.5 Å². The number of nitrogen functional groups attached to an aromatic ring is 1. The Balaban J connectivity index is 1.43. The van der Waals surface area contributed by atoms with Crippen molar-refractivity contribution in [1.82, 2.24) is 14.6 Å². The molecule has 9 nitrogen and oxygen atoms in total. The smallest absolute Gasteiger partial charge is 0.306 e. The van der Waals surface area contributed by atoms with Crippen molar-refractivity contribution in [2.24, 2.45) is 5.92 Å². The number of esters is 1. The van der Waals surface area contributed by atoms with Crippen molar-refractivity contribution in [3.63, 3.8) is 0 Å². The monoisotopic (exact) mass is 362 g/mol. The maximum atomic E-state index is 11.9. The normalized spacial score (nSPS) is 29.0. The van der Waals surface area contributed by atoms with Gasteiger partial charge in [0.2, 0.25) is 0 Å². The molecule has 4 N–H and O–H groups in total. The van der Waals surface area contributed by atoms with Gasteiger partial charge >= 0.3 is 5.97 Å². The molecular formula is C17H22N4O5. The van der Waals surface area contributed by atoms with Gasteiger partial charge in [-0.3, -0.25) is 4.79 Å². The lowest BCUT2D eigenvalue weighted by Crippen LogP contribution is -2.34. The van der Waals surface area contributed by atoms with E-state index < -0.39 is 24.4 Å². The standard InChI is InChI=1S/C17H22N4O5/c18-17-11-5-4-10(21(11)20-8-19-17)16-15(24)14(23)12(26-16)7-25-13(22)6-9-2-1-3-9/h4-5,8-9,12,14-16,23-24H,1-3,6-7H2,(H2,18,19,20)/t12?,14-,15-,16?/m1/s1. The van der Waals surface area contributed by atoms with Crippen molar-refractivity contribution in [3.05, 3.63) is 24.2 Å². The number of ether oxygens (including phenoxy) is 2. The fourth-order valence-corrected chi connectivity index (χ4v) is 3.49. The lowest BCUT2D eigenvalue weighted by atomic mass is 9.83. The Morgan fingerprint density at radius 1 is 1.35 bits per heavy atom. The highest BCUT2D eigenvalue weighted by Gasteiger charge is 2.45. The van der Waals surface area contributed by atoms with Crippen molar-refractivity contribution >= 4 is 17.3 Å². The second kappa shape index (κ2) is 6.82. The molecule has 4 atom stereocenters. The van der Waals surface area contributed by atoms with Gasteiger partial charge in [0.25, 0.3) is 0 Å². The Morgan fingerprint density at radius 3 is 2.88 bits per heavy atom. The van der Waals surface area contributed by atoms with Crippen LogP contribution in [0.2, 0.25) is 0 Å². The van der Waals surface area contributed by atoms with Crippen LogP contribution in [0.1, 0.15) is 37.5 Å². The number of carbonyl (C=O) groups excluding carboxylic acids is 1. The molecule has 0 radical (unpaired) electrons. The molecule has 9 heteroatoms. The Labute approximate surface area is 149 Å². The minimum Gasteiger partial charge on any atom is -0.463 e. The number of carbonyl (C=O) groups is 1. The Kier molecular flexibility index (Phi) is 4.51. The average molecular weight is 362 g/mol. The average Bonchev–Trinajstić information content (AvgIpc) is 3.13. The highest BCUT2D eigenvalue weighted by molar-refractivity contribution is 5.69. The summed E-state index contributed by atoms with van der Waals surface area (Å²) >= 11 is 0. The molecule has 2 fully saturated rings. The molecule has 2 aliphatic rings. The molecular weight excluding hydrogens is 340 g/mol. The number of hydrogen-bond donors (Lipinski definition) is 3. The van der Waals surface area contributed by atoms with E-state index in [2.05, 4.69) is 10.1 Å². The molecule has 4 rings (SSSR count). The summed E-state index contributed by atoms with van der Waals surface area (Å²) in [6.45, 7) is -0.0965. The number of nitrogens with zero attached hydrogens (tertiary/aromatic N) is 3. The van der Waals surface area contributed by atoms with Crippen molar-refractivity contribution in [2.45, 2.75) is 50.1 Å². The van der Waals surface area contributed by atoms with Crippen LogP contribution in [-0.4, -0.2) is 55.7 Å². The fourth-order valence-electron chi connectivity index (χ4n) is 3.49. The second-order valence-electron chi connectivity index (χ2n) is 6.96. The third kappa shape index (κ3) is 3.02. The first-order chi connectivity index (χ1) is 12.5. The van der Waals surface area contributed by atoms with E-state index in [1.54, 1.807) is 12.1 Å². The van der Waals surface area contributed by atoms with E-state index in [1.165, 1.54) is 10.8 Å². The van der Waals surface area contributed by atoms with Gasteiger partial charge in [0.15, 0.2) is 5.82 Å². The van der Waals surface area contributed by atoms with Gasteiger partial charge in [0, 0.05) is 6.42 Å². The van der Waals surface area contributed by atoms with Crippen LogP contribution < -0.4 is 5.73 Å². The first-order valence-corrected chi connectivity index (χ1v) is 8.80. The van der Waals surface area contributed by atoms with Crippen LogP contribution in [0, 0.1) is 5.92 Å². The van der Waals surface area contributed by atoms with Crippen LogP contribution >= 0.6 is 0 Å². The van der Waals surface area contributed by atoms with E-state index in [-0.39, 0.29) is 12.6 Å². The predicted octanol–water partition coefficient (Wildman–Crippen LogP) is 0.207. The number of aromatic nitrogens is 3. The summed E-state index contributed by atoms with van der Waals surface area (Å²) in [6, 6.07) is 3.44. The summed E-state index contributed by atoms with van der Waals surface area (Å²) in [5.74, 6) is 0.422. The zero-order valence-corrected chi connectivity index (χ0v) is 14.2. The highest BCUT2D eigenvalue weighted by atomic mass is 16.6. The number of aliphatic hydroxyl groups is 2. The van der Waals surface area contributed by atoms with Crippen LogP contribution in [0.5, 0.6) is 0 Å². The molecule has 2 aromatic heterocycles. The Morgan fingerprint density at radius 2 is 2.15 bits per heavy atom. The maximum absolute atomic E-state index is 11.9. The van der Waals surface area contributed by atoms with E-state index in [0.29, 0.717) is 29.4 Å². The number of aliphatic hydroxyl groups excluding tert-OH is 2. The molecule has 1 saturated carbocycles. The van der Waals surface area contributed by atoms with Gasteiger partial charge in [-0.25, -0.2) is 9.50 Å². The van der Waals surface area contributed by atoms with E-state index in [1.807, 2.05) is 0 Å². The topological polar surface area (TPSA) is 132 Å². The molecule has 2 aromatic rings. The van der Waals surface area contributed by atoms with Gasteiger partial charge in [0.05, 0.1) is 5.69 Å². The number of rotatable bonds is 5. The zero-order chi connectivity index (χ0) is 18.3. The first kappa shape index (κ1) is 17.2. The van der Waals surface area contributed by atoms with E-state index in [4.69, 9.17) is 15.2 Å². The molecule has 1 aliphatic heterocycles. The summed E-state index contributed by atoms with van der Waals surface area (Å²) in [7, 11) is 0. The predicted molar refractivity (Wildman–Crippen MR) is 89.9 cm³/mol. The van der Waals surface area contributed by atoms with Gasteiger partial charge in [-0.2, -0.15) is 5.10 Å². The van der Waals surface area contributed by atoms with Gasteiger partial charge in [-0.1, -0.05) is 6.42 Å². The lowest BCUT2D eigenvalue weighted by Gasteiger charge is -2.24. The number of nitrogens with two attached hydrogens (primary N) is 1. The lowest BCUT2D eigenvalue weighted by molar-refractivity contribution is -0.151. The minimum atomic E-state index is -1.17. The van der Waals surface area contributed by atoms with Gasteiger partial charge in [-0.05, 0) is 30.9 Å². The number of anilines is 1. The van der Waals surface area contributed by atoms with E-state index in [0.717, 1.165) is 19.3 Å². The van der Waals surface area contributed by atoms with Crippen LogP contribution in [0.25, 0.3) is 5.52 Å². The summed E-state index contributed by atoms with van der Waals surface area (Å²) in [4.78, 5) is 15.8. The first-order valence-electron chi connectivity index (χ1n) is 8.80. The molecule has 0 amide bonds. The van der Waals surface area contributed by atoms with Crippen LogP contribution in [0.3, 0.4) is 0 Å². The van der Waals surface area contributed by atoms with Crippen molar-refractivity contribution < 1.29 is 24.5 Å². The molecule has 0 aromatic carbocycles. The Bertz CT molecular complexity index is 806.